The van der Waals surface area contributed by atoms with Crippen LogP contribution in [0.5, 0.6) is 0 Å². The Kier molecular flexibility index (Phi) is 4.99. The van der Waals surface area contributed by atoms with Crippen molar-refractivity contribution in [2.45, 2.75) is 37.5 Å². The zero-order valence-electron chi connectivity index (χ0n) is 10.7. The Bertz CT molecular complexity index is 550. The van der Waals surface area contributed by atoms with Crippen LogP contribution in [0, 0.1) is 12.3 Å². The third-order valence-electron chi connectivity index (χ3n) is 3.72. The third kappa shape index (κ3) is 3.53. The van der Waals surface area contributed by atoms with Gasteiger partial charge in [0.15, 0.2) is 0 Å². The number of sulfonamides is 1. The van der Waals surface area contributed by atoms with Crippen molar-refractivity contribution in [3.63, 3.8) is 0 Å². The fraction of sp³-hybridized carbons (Fsp3) is 0.667. The van der Waals surface area contributed by atoms with Crippen LogP contribution in [-0.4, -0.2) is 20.8 Å². The molecule has 1 aromatic heterocycles. The van der Waals surface area contributed by atoms with Gasteiger partial charge in [0, 0.05) is 17.3 Å². The Balaban J connectivity index is 2.12. The summed E-state index contributed by atoms with van der Waals surface area (Å²) in [5.41, 5.74) is -0.0597. The molecular formula is C12H17BrClNO2S2. The van der Waals surface area contributed by atoms with Gasteiger partial charge in [-0.1, -0.05) is 12.8 Å². The molecule has 0 aromatic carbocycles. The molecule has 1 aliphatic rings. The van der Waals surface area contributed by atoms with E-state index in [1.807, 2.05) is 6.92 Å². The standard InChI is InChI=1S/C12H17BrClNO2S2/c1-9-10(6-11(13)18-9)19(16,17)15-8-12(7-14)4-2-3-5-12/h6,15H,2-5,7-8H2,1H3. The quantitative estimate of drug-likeness (QED) is 0.780. The summed E-state index contributed by atoms with van der Waals surface area (Å²) in [4.78, 5) is 1.16. The number of aryl methyl sites for hydroxylation is 1. The maximum Gasteiger partial charge on any atom is 0.241 e. The first kappa shape index (κ1) is 15.8. The van der Waals surface area contributed by atoms with Crippen molar-refractivity contribution in [2.24, 2.45) is 5.41 Å². The smallest absolute Gasteiger partial charge is 0.211 e. The molecule has 0 unspecified atom stereocenters. The number of thiophene rings is 1. The van der Waals surface area contributed by atoms with Crippen molar-refractivity contribution in [3.8, 4) is 0 Å². The van der Waals surface area contributed by atoms with Crippen LogP contribution >= 0.6 is 38.9 Å². The highest BCUT2D eigenvalue weighted by atomic mass is 79.9. The molecule has 0 aliphatic heterocycles. The normalized spacial score (nSPS) is 18.9. The molecule has 0 atom stereocenters. The molecule has 2 rings (SSSR count). The molecule has 1 heterocycles. The number of halogens is 2. The summed E-state index contributed by atoms with van der Waals surface area (Å²) >= 11 is 10.8. The molecule has 1 aliphatic carbocycles. The SMILES string of the molecule is Cc1sc(Br)cc1S(=O)(=O)NCC1(CCl)CCCC1. The van der Waals surface area contributed by atoms with E-state index in [0.717, 1.165) is 34.3 Å². The van der Waals surface area contributed by atoms with Crippen LogP contribution in [-0.2, 0) is 10.0 Å². The summed E-state index contributed by atoms with van der Waals surface area (Å²) in [7, 11) is -3.43. The van der Waals surface area contributed by atoms with Crippen molar-refractivity contribution >= 4 is 48.9 Å². The highest BCUT2D eigenvalue weighted by molar-refractivity contribution is 9.11. The van der Waals surface area contributed by atoms with Gasteiger partial charge in [0.05, 0.1) is 8.68 Å². The summed E-state index contributed by atoms with van der Waals surface area (Å²) in [5, 5.41) is 0. The summed E-state index contributed by atoms with van der Waals surface area (Å²) < 4.78 is 28.2. The summed E-state index contributed by atoms with van der Waals surface area (Å²) in [6.07, 6.45) is 4.28. The van der Waals surface area contributed by atoms with Crippen molar-refractivity contribution in [2.75, 3.05) is 12.4 Å². The van der Waals surface area contributed by atoms with Crippen molar-refractivity contribution in [1.82, 2.24) is 4.72 Å². The van der Waals surface area contributed by atoms with Gasteiger partial charge in [-0.3, -0.25) is 0 Å². The first-order valence-electron chi connectivity index (χ1n) is 6.20. The van der Waals surface area contributed by atoms with E-state index in [-0.39, 0.29) is 5.41 Å². The molecule has 0 bridgehead atoms. The van der Waals surface area contributed by atoms with E-state index in [4.69, 9.17) is 11.6 Å². The Hall–Kier alpha value is 0.380. The van der Waals surface area contributed by atoms with Crippen molar-refractivity contribution < 1.29 is 8.42 Å². The van der Waals surface area contributed by atoms with Crippen LogP contribution in [0.15, 0.2) is 14.7 Å². The molecule has 1 fully saturated rings. The average Bonchev–Trinajstić information content (AvgIpc) is 2.95. The number of alkyl halides is 1. The number of nitrogens with one attached hydrogen (secondary N) is 1. The van der Waals surface area contributed by atoms with Gasteiger partial charge in [0.2, 0.25) is 10.0 Å². The van der Waals surface area contributed by atoms with Gasteiger partial charge < -0.3 is 0 Å². The van der Waals surface area contributed by atoms with Gasteiger partial charge in [-0.2, -0.15) is 0 Å². The summed E-state index contributed by atoms with van der Waals surface area (Å²) in [5.74, 6) is 0.516. The second-order valence-corrected chi connectivity index (χ2v) is 9.77. The van der Waals surface area contributed by atoms with Gasteiger partial charge in [0.1, 0.15) is 0 Å². The number of hydrogen-bond donors (Lipinski definition) is 1. The zero-order chi connectivity index (χ0) is 14.1. The summed E-state index contributed by atoms with van der Waals surface area (Å²) in [6, 6.07) is 1.66. The monoisotopic (exact) mass is 385 g/mol. The zero-order valence-corrected chi connectivity index (χ0v) is 14.7. The lowest BCUT2D eigenvalue weighted by Gasteiger charge is -2.26. The van der Waals surface area contributed by atoms with Crippen molar-refractivity contribution in [3.05, 3.63) is 14.7 Å². The second-order valence-electron chi connectivity index (χ2n) is 5.14. The molecule has 3 nitrogen and oxygen atoms in total. The summed E-state index contributed by atoms with van der Waals surface area (Å²) in [6.45, 7) is 2.25. The average molecular weight is 387 g/mol. The Morgan fingerprint density at radius 3 is 2.58 bits per heavy atom. The molecule has 108 valence electrons. The Morgan fingerprint density at radius 2 is 2.11 bits per heavy atom. The Labute approximate surface area is 131 Å². The van der Waals surface area contributed by atoms with Gasteiger partial charge in [-0.15, -0.1) is 22.9 Å². The minimum atomic E-state index is -3.43. The van der Waals surface area contributed by atoms with Gasteiger partial charge >= 0.3 is 0 Å². The molecule has 0 amide bonds. The van der Waals surface area contributed by atoms with E-state index in [9.17, 15) is 8.42 Å². The predicted octanol–water partition coefficient (Wildman–Crippen LogP) is 3.90. The lowest BCUT2D eigenvalue weighted by atomic mass is 9.89. The highest BCUT2D eigenvalue weighted by Gasteiger charge is 2.34. The van der Waals surface area contributed by atoms with Crippen LogP contribution in [0.25, 0.3) is 0 Å². The second kappa shape index (κ2) is 6.02. The van der Waals surface area contributed by atoms with E-state index in [1.165, 1.54) is 11.3 Å². The van der Waals surface area contributed by atoms with Gasteiger partial charge in [-0.25, -0.2) is 13.1 Å². The van der Waals surface area contributed by atoms with Crippen LogP contribution < -0.4 is 4.72 Å². The lowest BCUT2D eigenvalue weighted by molar-refractivity contribution is 0.342. The minimum absolute atomic E-state index is 0.0597. The minimum Gasteiger partial charge on any atom is -0.211 e. The predicted molar refractivity (Wildman–Crippen MR) is 83.6 cm³/mol. The third-order valence-corrected chi connectivity index (χ3v) is 7.49. The van der Waals surface area contributed by atoms with E-state index < -0.39 is 10.0 Å². The number of rotatable bonds is 5. The topological polar surface area (TPSA) is 46.2 Å². The largest absolute Gasteiger partial charge is 0.241 e. The lowest BCUT2D eigenvalue weighted by Crippen LogP contribution is -2.37. The fourth-order valence-electron chi connectivity index (χ4n) is 2.51. The molecule has 0 saturated heterocycles. The van der Waals surface area contributed by atoms with Gasteiger partial charge in [-0.05, 0) is 47.2 Å². The maximum atomic E-state index is 12.3. The maximum absolute atomic E-state index is 12.3. The first-order chi connectivity index (χ1) is 8.88. The molecule has 19 heavy (non-hydrogen) atoms. The molecule has 7 heteroatoms. The molecule has 1 N–H and O–H groups in total. The fourth-order valence-corrected chi connectivity index (χ4v) is 6.44. The van der Waals surface area contributed by atoms with E-state index in [0.29, 0.717) is 17.3 Å². The molecule has 0 spiro atoms. The molecule has 1 aromatic rings. The van der Waals surface area contributed by atoms with E-state index in [2.05, 4.69) is 20.7 Å². The van der Waals surface area contributed by atoms with Crippen LogP contribution in [0.4, 0.5) is 0 Å². The first-order valence-corrected chi connectivity index (χ1v) is 9.83. The van der Waals surface area contributed by atoms with Crippen LogP contribution in [0.1, 0.15) is 30.6 Å². The molecule has 1 saturated carbocycles. The highest BCUT2D eigenvalue weighted by Crippen LogP contribution is 2.39. The van der Waals surface area contributed by atoms with Crippen LogP contribution in [0.3, 0.4) is 0 Å². The van der Waals surface area contributed by atoms with E-state index in [1.54, 1.807) is 6.07 Å². The van der Waals surface area contributed by atoms with Crippen LogP contribution in [0.2, 0.25) is 0 Å². The Morgan fingerprint density at radius 1 is 1.47 bits per heavy atom. The molecule has 0 radical (unpaired) electrons. The van der Waals surface area contributed by atoms with Crippen molar-refractivity contribution in [1.29, 1.82) is 0 Å². The number of hydrogen-bond acceptors (Lipinski definition) is 3. The molecular weight excluding hydrogens is 370 g/mol. The van der Waals surface area contributed by atoms with Gasteiger partial charge in [0.25, 0.3) is 0 Å². The van der Waals surface area contributed by atoms with E-state index >= 15 is 0 Å².